The molecule has 0 radical (unpaired) electrons. The second kappa shape index (κ2) is 8.36. The molecule has 1 aliphatic heterocycles. The highest BCUT2D eigenvalue weighted by atomic mass is 16.7. The van der Waals surface area contributed by atoms with Gasteiger partial charge >= 0.3 is 7.12 Å². The van der Waals surface area contributed by atoms with Crippen LogP contribution in [-0.2, 0) is 9.31 Å². The molecule has 0 unspecified atom stereocenters. The fraction of sp³-hybridized carbons (Fsp3) is 0.346. The number of nitrogens with zero attached hydrogens (tertiary/aromatic N) is 4. The molecule has 8 nitrogen and oxygen atoms in total. The van der Waals surface area contributed by atoms with Crippen molar-refractivity contribution in [3.63, 3.8) is 0 Å². The summed E-state index contributed by atoms with van der Waals surface area (Å²) in [5.74, 6) is 1.06. The van der Waals surface area contributed by atoms with Gasteiger partial charge in [-0.15, -0.1) is 0 Å². The third-order valence-electron chi connectivity index (χ3n) is 7.51. The summed E-state index contributed by atoms with van der Waals surface area (Å²) in [5, 5.41) is 13.7. The Bertz CT molecular complexity index is 1390. The SMILES string of the molecule is COc1cc(-n2cccn2)c(-c2ccc3c(N)cnnc3c2)cc1B1O[C@H]2CCC[C@@]2(C(C)C)O1. The number of nitrogens with two attached hydrogens (primary N) is 1. The summed E-state index contributed by atoms with van der Waals surface area (Å²) in [6.45, 7) is 4.44. The van der Waals surface area contributed by atoms with E-state index in [4.69, 9.17) is 19.8 Å². The van der Waals surface area contributed by atoms with Gasteiger partial charge in [-0.05, 0) is 55.0 Å². The molecule has 2 aliphatic rings. The molecular weight excluding hydrogens is 441 g/mol. The molecule has 6 rings (SSSR count). The van der Waals surface area contributed by atoms with Crippen LogP contribution in [0.15, 0.2) is 55.0 Å². The second-order valence-electron chi connectivity index (χ2n) is 9.67. The maximum Gasteiger partial charge on any atom is 0.498 e. The van der Waals surface area contributed by atoms with Crippen LogP contribution >= 0.6 is 0 Å². The first-order valence-corrected chi connectivity index (χ1v) is 12.1. The van der Waals surface area contributed by atoms with E-state index in [9.17, 15) is 0 Å². The van der Waals surface area contributed by atoms with E-state index in [0.29, 0.717) is 17.4 Å². The lowest BCUT2D eigenvalue weighted by atomic mass is 9.76. The first-order chi connectivity index (χ1) is 17.0. The number of ether oxygens (including phenoxy) is 1. The molecule has 1 saturated heterocycles. The van der Waals surface area contributed by atoms with Crippen LogP contribution in [-0.4, -0.2) is 45.9 Å². The van der Waals surface area contributed by atoms with Crippen molar-refractivity contribution in [2.24, 2.45) is 5.92 Å². The van der Waals surface area contributed by atoms with E-state index >= 15 is 0 Å². The first kappa shape index (κ1) is 22.1. The maximum absolute atomic E-state index is 6.71. The van der Waals surface area contributed by atoms with Gasteiger partial charge in [0.05, 0.1) is 41.9 Å². The highest BCUT2D eigenvalue weighted by Crippen LogP contribution is 2.46. The minimum absolute atomic E-state index is 0.0883. The molecule has 4 aromatic rings. The lowest BCUT2D eigenvalue weighted by Crippen LogP contribution is -2.42. The Kier molecular flexibility index (Phi) is 5.27. The molecule has 9 heteroatoms. The number of anilines is 1. The lowest BCUT2D eigenvalue weighted by Gasteiger charge is -2.32. The minimum Gasteiger partial charge on any atom is -0.497 e. The van der Waals surface area contributed by atoms with Crippen LogP contribution in [0.5, 0.6) is 5.75 Å². The van der Waals surface area contributed by atoms with Crippen LogP contribution in [0.4, 0.5) is 5.69 Å². The summed E-state index contributed by atoms with van der Waals surface area (Å²) < 4.78 is 20.9. The molecular formula is C26H28BN5O3. The van der Waals surface area contributed by atoms with Gasteiger partial charge in [-0.3, -0.25) is 0 Å². The van der Waals surface area contributed by atoms with Gasteiger partial charge in [0, 0.05) is 34.9 Å². The summed E-state index contributed by atoms with van der Waals surface area (Å²) in [6.07, 6.45) is 8.48. The number of methoxy groups -OCH3 is 1. The first-order valence-electron chi connectivity index (χ1n) is 12.1. The number of fused-ring (bicyclic) bond motifs is 2. The van der Waals surface area contributed by atoms with E-state index in [1.807, 2.05) is 41.2 Å². The van der Waals surface area contributed by atoms with Gasteiger partial charge in [-0.25, -0.2) is 4.68 Å². The van der Waals surface area contributed by atoms with Gasteiger partial charge in [0.25, 0.3) is 0 Å². The Morgan fingerprint density at radius 1 is 1.26 bits per heavy atom. The zero-order chi connectivity index (χ0) is 24.2. The Balaban J connectivity index is 1.51. The molecule has 2 N–H and O–H groups in total. The third-order valence-corrected chi connectivity index (χ3v) is 7.51. The number of hydrogen-bond acceptors (Lipinski definition) is 7. The zero-order valence-corrected chi connectivity index (χ0v) is 20.1. The molecule has 2 aromatic carbocycles. The summed E-state index contributed by atoms with van der Waals surface area (Å²) in [7, 11) is 1.17. The molecule has 35 heavy (non-hydrogen) atoms. The number of aromatic nitrogens is 4. The average Bonchev–Trinajstić information content (AvgIpc) is 3.60. The van der Waals surface area contributed by atoms with Crippen LogP contribution in [0.2, 0.25) is 0 Å². The summed E-state index contributed by atoms with van der Waals surface area (Å²) >= 11 is 0. The van der Waals surface area contributed by atoms with Gasteiger partial charge in [0.15, 0.2) is 0 Å². The monoisotopic (exact) mass is 469 g/mol. The van der Waals surface area contributed by atoms with Crippen molar-refractivity contribution >= 4 is 29.2 Å². The summed E-state index contributed by atoms with van der Waals surface area (Å²) in [6, 6.07) is 12.0. The molecule has 2 aromatic heterocycles. The molecule has 0 amide bonds. The highest BCUT2D eigenvalue weighted by Gasteiger charge is 2.56. The van der Waals surface area contributed by atoms with Gasteiger partial charge in [-0.1, -0.05) is 19.9 Å². The highest BCUT2D eigenvalue weighted by molar-refractivity contribution is 6.63. The average molecular weight is 469 g/mol. The van der Waals surface area contributed by atoms with E-state index < -0.39 is 7.12 Å². The van der Waals surface area contributed by atoms with E-state index in [0.717, 1.165) is 52.4 Å². The normalized spacial score (nSPS) is 21.7. The molecule has 0 bridgehead atoms. The largest absolute Gasteiger partial charge is 0.498 e. The van der Waals surface area contributed by atoms with E-state index in [1.165, 1.54) is 0 Å². The second-order valence-corrected chi connectivity index (χ2v) is 9.67. The van der Waals surface area contributed by atoms with Crippen LogP contribution < -0.4 is 15.9 Å². The van der Waals surface area contributed by atoms with Crippen LogP contribution in [0.25, 0.3) is 27.7 Å². The molecule has 1 saturated carbocycles. The number of hydrogen-bond donors (Lipinski definition) is 1. The number of nitrogen functional groups attached to an aromatic ring is 1. The van der Waals surface area contributed by atoms with Gasteiger partial charge < -0.3 is 19.8 Å². The van der Waals surface area contributed by atoms with Crippen molar-refractivity contribution in [3.05, 3.63) is 55.0 Å². The molecule has 1 aliphatic carbocycles. The molecule has 2 fully saturated rings. The van der Waals surface area contributed by atoms with Crippen LogP contribution in [0.1, 0.15) is 33.1 Å². The van der Waals surface area contributed by atoms with Gasteiger partial charge in [0.2, 0.25) is 0 Å². The molecule has 3 heterocycles. The van der Waals surface area contributed by atoms with E-state index in [-0.39, 0.29) is 11.7 Å². The van der Waals surface area contributed by atoms with Crippen molar-refractivity contribution in [2.45, 2.75) is 44.8 Å². The topological polar surface area (TPSA) is 97.3 Å². The number of rotatable bonds is 5. The molecule has 0 spiro atoms. The van der Waals surface area contributed by atoms with E-state index in [2.05, 4.69) is 35.2 Å². The van der Waals surface area contributed by atoms with Gasteiger partial charge in [-0.2, -0.15) is 15.3 Å². The molecule has 2 atom stereocenters. The standard InChI is InChI=1S/C26H28BN5O3/c1-16(2)26-9-4-6-25(26)34-27(35-26)20-13-19(23(14-24(20)33-3)32-11-5-10-30-32)17-7-8-18-21(28)15-29-31-22(18)12-17/h5,7-8,10-16,25H,4,6,9H2,1-3H3,(H2,28,31)/t25-,26-/m0/s1. The van der Waals surface area contributed by atoms with E-state index in [1.54, 1.807) is 19.5 Å². The maximum atomic E-state index is 6.71. The van der Waals surface area contributed by atoms with Crippen molar-refractivity contribution in [1.82, 2.24) is 20.0 Å². The smallest absolute Gasteiger partial charge is 0.497 e. The predicted molar refractivity (Wildman–Crippen MR) is 136 cm³/mol. The Morgan fingerprint density at radius 3 is 2.89 bits per heavy atom. The fourth-order valence-corrected chi connectivity index (χ4v) is 5.62. The summed E-state index contributed by atoms with van der Waals surface area (Å²) in [4.78, 5) is 0. The third kappa shape index (κ3) is 3.49. The van der Waals surface area contributed by atoms with Crippen molar-refractivity contribution in [1.29, 1.82) is 0 Å². The van der Waals surface area contributed by atoms with Crippen molar-refractivity contribution in [2.75, 3.05) is 12.8 Å². The van der Waals surface area contributed by atoms with Crippen molar-refractivity contribution in [3.8, 4) is 22.6 Å². The van der Waals surface area contributed by atoms with Crippen LogP contribution in [0, 0.1) is 5.92 Å². The fourth-order valence-electron chi connectivity index (χ4n) is 5.62. The van der Waals surface area contributed by atoms with Gasteiger partial charge in [0.1, 0.15) is 5.75 Å². The Labute approximate surface area is 204 Å². The number of benzene rings is 2. The van der Waals surface area contributed by atoms with Crippen molar-refractivity contribution < 1.29 is 14.0 Å². The minimum atomic E-state index is -0.501. The Hall–Kier alpha value is -3.43. The molecule has 178 valence electrons. The van der Waals surface area contributed by atoms with Crippen LogP contribution in [0.3, 0.4) is 0 Å². The Morgan fingerprint density at radius 2 is 2.14 bits per heavy atom. The lowest BCUT2D eigenvalue weighted by molar-refractivity contribution is 0.0164. The summed E-state index contributed by atoms with van der Waals surface area (Å²) in [5.41, 5.74) is 10.8. The quantitative estimate of drug-likeness (QED) is 0.445. The zero-order valence-electron chi connectivity index (χ0n) is 20.1. The predicted octanol–water partition coefficient (Wildman–Crippen LogP) is 3.76.